The number of nitrogens with zero attached hydrogens (tertiary/aromatic N) is 1. The Morgan fingerprint density at radius 1 is 1.69 bits per heavy atom. The van der Waals surface area contributed by atoms with Gasteiger partial charge in [0.1, 0.15) is 0 Å². The maximum atomic E-state index is 9.20. The summed E-state index contributed by atoms with van der Waals surface area (Å²) in [7, 11) is 1.53. The molecule has 0 aliphatic heterocycles. The van der Waals surface area contributed by atoms with Crippen molar-refractivity contribution in [2.45, 2.75) is 12.5 Å². The third-order valence-electron chi connectivity index (χ3n) is 1.45. The van der Waals surface area contributed by atoms with Crippen LogP contribution in [0.3, 0.4) is 0 Å². The molecule has 0 amide bonds. The molecule has 6 nitrogen and oxygen atoms in total. The van der Waals surface area contributed by atoms with E-state index in [2.05, 4.69) is 10.5 Å². The van der Waals surface area contributed by atoms with Crippen molar-refractivity contribution in [2.24, 2.45) is 10.9 Å². The lowest BCUT2D eigenvalue weighted by atomic mass is 10.2. The molecule has 78 valence electrons. The third-order valence-corrected chi connectivity index (χ3v) is 1.45. The molecule has 0 saturated heterocycles. The summed E-state index contributed by atoms with van der Waals surface area (Å²) < 4.78 is 4.74. The quantitative estimate of drug-likeness (QED) is 0.132. The van der Waals surface area contributed by atoms with Crippen LogP contribution in [-0.2, 0) is 4.74 Å². The number of hydrogen-bond acceptors (Lipinski definition) is 5. The summed E-state index contributed by atoms with van der Waals surface area (Å²) in [6, 6.07) is 0. The van der Waals surface area contributed by atoms with Gasteiger partial charge in [-0.2, -0.15) is 0 Å². The number of aliphatic hydroxyl groups is 1. The Morgan fingerprint density at radius 2 is 2.38 bits per heavy atom. The van der Waals surface area contributed by atoms with Crippen LogP contribution in [0, 0.1) is 0 Å². The van der Waals surface area contributed by atoms with Crippen LogP contribution < -0.4 is 11.1 Å². The van der Waals surface area contributed by atoms with Crippen LogP contribution in [0.15, 0.2) is 5.16 Å². The van der Waals surface area contributed by atoms with Crippen LogP contribution >= 0.6 is 0 Å². The molecular weight excluding hydrogens is 174 g/mol. The molecule has 0 spiro atoms. The first kappa shape index (κ1) is 12.2. The van der Waals surface area contributed by atoms with Crippen molar-refractivity contribution in [2.75, 3.05) is 26.8 Å². The number of nitrogens with two attached hydrogens (primary N) is 1. The van der Waals surface area contributed by atoms with E-state index < -0.39 is 6.10 Å². The largest absolute Gasteiger partial charge is 0.409 e. The van der Waals surface area contributed by atoms with Crippen LogP contribution in [0.1, 0.15) is 6.42 Å². The Bertz CT molecular complexity index is 152. The van der Waals surface area contributed by atoms with E-state index in [1.807, 2.05) is 0 Å². The number of rotatable bonds is 7. The lowest BCUT2D eigenvalue weighted by molar-refractivity contribution is 0.0596. The minimum absolute atomic E-state index is 0.126. The van der Waals surface area contributed by atoms with E-state index in [0.717, 1.165) is 0 Å². The second kappa shape index (κ2) is 7.78. The minimum atomic E-state index is -0.468. The Kier molecular flexibility index (Phi) is 7.27. The standard InChI is InChI=1S/C7H17N3O3/c1-13-5-6(11)2-3-9-4-7(8)10-12/h6,9,11-12H,2-5H2,1H3,(H2,8,10). The predicted octanol–water partition coefficient (Wildman–Crippen LogP) is -1.28. The first-order chi connectivity index (χ1) is 6.20. The zero-order valence-electron chi connectivity index (χ0n) is 7.73. The topological polar surface area (TPSA) is 100 Å². The summed E-state index contributed by atoms with van der Waals surface area (Å²) in [5.74, 6) is 0.126. The van der Waals surface area contributed by atoms with Crippen LogP contribution in [0.4, 0.5) is 0 Å². The molecule has 0 heterocycles. The predicted molar refractivity (Wildman–Crippen MR) is 48.8 cm³/mol. The normalized spacial score (nSPS) is 14.5. The lowest BCUT2D eigenvalue weighted by Gasteiger charge is -2.09. The van der Waals surface area contributed by atoms with Crippen molar-refractivity contribution in [3.05, 3.63) is 0 Å². The van der Waals surface area contributed by atoms with Gasteiger partial charge in [0, 0.05) is 7.11 Å². The number of amidine groups is 1. The number of hydrogen-bond donors (Lipinski definition) is 4. The van der Waals surface area contributed by atoms with Crippen molar-refractivity contribution in [1.82, 2.24) is 5.32 Å². The molecule has 6 heteroatoms. The van der Waals surface area contributed by atoms with Gasteiger partial charge < -0.3 is 26.1 Å². The first-order valence-corrected chi connectivity index (χ1v) is 4.04. The highest BCUT2D eigenvalue weighted by molar-refractivity contribution is 5.81. The van der Waals surface area contributed by atoms with Gasteiger partial charge in [0.25, 0.3) is 0 Å². The van der Waals surface area contributed by atoms with Gasteiger partial charge in [0.05, 0.1) is 19.3 Å². The molecule has 0 fully saturated rings. The Morgan fingerprint density at radius 3 is 2.92 bits per heavy atom. The maximum Gasteiger partial charge on any atom is 0.153 e. The van der Waals surface area contributed by atoms with E-state index in [9.17, 15) is 5.11 Å². The summed E-state index contributed by atoms with van der Waals surface area (Å²) in [6.07, 6.45) is 0.108. The molecule has 0 radical (unpaired) electrons. The first-order valence-electron chi connectivity index (χ1n) is 4.04. The van der Waals surface area contributed by atoms with Gasteiger partial charge in [0.15, 0.2) is 5.84 Å². The highest BCUT2D eigenvalue weighted by Gasteiger charge is 2.02. The highest BCUT2D eigenvalue weighted by Crippen LogP contribution is 1.89. The molecule has 0 saturated carbocycles. The monoisotopic (exact) mass is 191 g/mol. The molecule has 0 aromatic carbocycles. The van der Waals surface area contributed by atoms with Crippen molar-refractivity contribution in [1.29, 1.82) is 0 Å². The van der Waals surface area contributed by atoms with Gasteiger partial charge in [-0.05, 0) is 13.0 Å². The van der Waals surface area contributed by atoms with Gasteiger partial charge in [-0.15, -0.1) is 0 Å². The smallest absolute Gasteiger partial charge is 0.153 e. The van der Waals surface area contributed by atoms with Gasteiger partial charge in [-0.3, -0.25) is 0 Å². The number of oxime groups is 1. The zero-order valence-corrected chi connectivity index (χ0v) is 7.73. The SMILES string of the molecule is COCC(O)CCNCC(N)=NO. The average molecular weight is 191 g/mol. The third kappa shape index (κ3) is 7.51. The number of nitrogens with one attached hydrogen (secondary N) is 1. The summed E-state index contributed by atoms with van der Waals surface area (Å²) in [4.78, 5) is 0. The molecule has 13 heavy (non-hydrogen) atoms. The zero-order chi connectivity index (χ0) is 10.1. The maximum absolute atomic E-state index is 9.20. The summed E-state index contributed by atoms with van der Waals surface area (Å²) in [5.41, 5.74) is 5.20. The van der Waals surface area contributed by atoms with Crippen molar-refractivity contribution in [3.8, 4) is 0 Å². The van der Waals surface area contributed by atoms with Gasteiger partial charge in [-0.25, -0.2) is 0 Å². The molecule has 0 aliphatic carbocycles. The second-order valence-corrected chi connectivity index (χ2v) is 2.67. The minimum Gasteiger partial charge on any atom is -0.409 e. The molecule has 1 atom stereocenters. The van der Waals surface area contributed by atoms with E-state index in [1.54, 1.807) is 0 Å². The van der Waals surface area contributed by atoms with E-state index >= 15 is 0 Å². The Balaban J connectivity index is 3.25. The van der Waals surface area contributed by atoms with E-state index in [4.69, 9.17) is 15.7 Å². The number of ether oxygens (including phenoxy) is 1. The fourth-order valence-corrected chi connectivity index (χ4v) is 0.796. The second-order valence-electron chi connectivity index (χ2n) is 2.67. The number of methoxy groups -OCH3 is 1. The van der Waals surface area contributed by atoms with E-state index in [0.29, 0.717) is 26.1 Å². The summed E-state index contributed by atoms with van der Waals surface area (Å²) >= 11 is 0. The fourth-order valence-electron chi connectivity index (χ4n) is 0.796. The van der Waals surface area contributed by atoms with Gasteiger partial charge >= 0.3 is 0 Å². The molecule has 5 N–H and O–H groups in total. The van der Waals surface area contributed by atoms with E-state index in [1.165, 1.54) is 7.11 Å². The van der Waals surface area contributed by atoms with Crippen LogP contribution in [0.25, 0.3) is 0 Å². The van der Waals surface area contributed by atoms with Crippen LogP contribution in [-0.4, -0.2) is 49.1 Å². The number of aliphatic hydroxyl groups excluding tert-OH is 1. The average Bonchev–Trinajstić information content (AvgIpc) is 2.12. The van der Waals surface area contributed by atoms with Gasteiger partial charge in [-0.1, -0.05) is 5.16 Å². The van der Waals surface area contributed by atoms with Crippen molar-refractivity contribution < 1.29 is 15.1 Å². The molecule has 0 aromatic heterocycles. The molecule has 0 aromatic rings. The van der Waals surface area contributed by atoms with Crippen molar-refractivity contribution in [3.63, 3.8) is 0 Å². The summed E-state index contributed by atoms with van der Waals surface area (Å²) in [6.45, 7) is 1.24. The Hall–Kier alpha value is -0.850. The van der Waals surface area contributed by atoms with Crippen LogP contribution in [0.5, 0.6) is 0 Å². The summed E-state index contributed by atoms with van der Waals surface area (Å²) in [5, 5.41) is 23.1. The molecule has 1 unspecified atom stereocenters. The Labute approximate surface area is 77.4 Å². The fraction of sp³-hybridized carbons (Fsp3) is 0.857. The molecular formula is C7H17N3O3. The van der Waals surface area contributed by atoms with Crippen molar-refractivity contribution >= 4 is 5.84 Å². The van der Waals surface area contributed by atoms with E-state index in [-0.39, 0.29) is 5.84 Å². The van der Waals surface area contributed by atoms with Gasteiger partial charge in [0.2, 0.25) is 0 Å². The molecule has 0 aliphatic rings. The van der Waals surface area contributed by atoms with Crippen LogP contribution in [0.2, 0.25) is 0 Å². The molecule has 0 bridgehead atoms. The lowest BCUT2D eigenvalue weighted by Crippen LogP contribution is -2.31. The highest BCUT2D eigenvalue weighted by atomic mass is 16.5. The molecule has 0 rings (SSSR count).